The average Bonchev–Trinajstić information content (AvgIpc) is 3.16. The van der Waals surface area contributed by atoms with Crippen LogP contribution < -0.4 is 0 Å². The highest BCUT2D eigenvalue weighted by molar-refractivity contribution is 5.71. The van der Waals surface area contributed by atoms with Gasteiger partial charge in [0.25, 0.3) is 0 Å². The number of unbranched alkanes of at least 4 members (excludes halogenated alkanes) is 14. The zero-order valence-electron chi connectivity index (χ0n) is 22.9. The highest BCUT2D eigenvalue weighted by Crippen LogP contribution is 2.38. The molecule has 194 valence electrons. The molecule has 0 aliphatic heterocycles. The second-order valence-corrected chi connectivity index (χ2v) is 10.5. The fraction of sp³-hybridized carbons (Fsp3) is 0.606. The van der Waals surface area contributed by atoms with Gasteiger partial charge in [0.1, 0.15) is 0 Å². The Labute approximate surface area is 216 Å². The highest BCUT2D eigenvalue weighted by atomic mass is 16.5. The summed E-state index contributed by atoms with van der Waals surface area (Å²) in [7, 11) is 0. The maximum absolute atomic E-state index is 12.3. The lowest BCUT2D eigenvalue weighted by Gasteiger charge is -2.08. The van der Waals surface area contributed by atoms with Crippen molar-refractivity contribution in [1.29, 1.82) is 0 Å². The van der Waals surface area contributed by atoms with Gasteiger partial charge in [0.15, 0.2) is 0 Å². The number of carbonyl (C=O) groups excluding carboxylic acids is 1. The first kappa shape index (κ1) is 29.1. The molecule has 0 spiro atoms. The molecule has 0 atom stereocenters. The third-order valence-electron chi connectivity index (χ3n) is 7.21. The van der Waals surface area contributed by atoms with Gasteiger partial charge in [0, 0.05) is 6.42 Å². The first-order valence-electron chi connectivity index (χ1n) is 14.4. The van der Waals surface area contributed by atoms with Gasteiger partial charge in [0.2, 0.25) is 0 Å². The molecule has 0 heterocycles. The molecule has 2 nitrogen and oxygen atoms in total. The number of allylic oxidation sites excluding steroid dienone is 10. The number of rotatable bonds is 18. The van der Waals surface area contributed by atoms with Gasteiger partial charge in [-0.2, -0.15) is 0 Å². The molecule has 2 heteroatoms. The fourth-order valence-corrected chi connectivity index (χ4v) is 4.87. The van der Waals surface area contributed by atoms with Crippen LogP contribution in [0.5, 0.6) is 0 Å². The number of hydrogen-bond donors (Lipinski definition) is 0. The molecule has 0 aromatic heterocycles. The van der Waals surface area contributed by atoms with Crippen molar-refractivity contribution < 1.29 is 9.53 Å². The van der Waals surface area contributed by atoms with Crippen molar-refractivity contribution in [2.75, 3.05) is 0 Å². The molecule has 0 N–H and O–H groups in total. The van der Waals surface area contributed by atoms with Crippen LogP contribution in [0.25, 0.3) is 0 Å². The topological polar surface area (TPSA) is 26.3 Å². The molecular formula is C33H50O2. The molecule has 35 heavy (non-hydrogen) atoms. The third kappa shape index (κ3) is 11.5. The van der Waals surface area contributed by atoms with Crippen LogP contribution in [-0.2, 0) is 9.53 Å². The summed E-state index contributed by atoms with van der Waals surface area (Å²) in [6.07, 6.45) is 31.6. The summed E-state index contributed by atoms with van der Waals surface area (Å²) in [5, 5.41) is 0. The minimum absolute atomic E-state index is 0.113. The molecule has 0 aromatic rings. The number of carbonyl (C=O) groups is 1. The van der Waals surface area contributed by atoms with Gasteiger partial charge in [-0.3, -0.25) is 4.79 Å². The predicted octanol–water partition coefficient (Wildman–Crippen LogP) is 10.4. The van der Waals surface area contributed by atoms with Gasteiger partial charge in [-0.15, -0.1) is 0 Å². The minimum Gasteiger partial charge on any atom is -0.434 e. The van der Waals surface area contributed by atoms with E-state index >= 15 is 0 Å². The van der Waals surface area contributed by atoms with E-state index in [1.54, 1.807) is 6.26 Å². The van der Waals surface area contributed by atoms with Gasteiger partial charge in [-0.1, -0.05) is 127 Å². The lowest BCUT2D eigenvalue weighted by Crippen LogP contribution is -2.00. The molecule has 0 radical (unpaired) electrons. The van der Waals surface area contributed by atoms with E-state index in [-0.39, 0.29) is 5.97 Å². The first-order chi connectivity index (χ1) is 17.0. The lowest BCUT2D eigenvalue weighted by molar-refractivity contribution is -0.138. The molecule has 0 unspecified atom stereocenters. The lowest BCUT2D eigenvalue weighted by atomic mass is 9.98. The van der Waals surface area contributed by atoms with Crippen molar-refractivity contribution in [3.8, 4) is 0 Å². The van der Waals surface area contributed by atoms with E-state index in [1.807, 2.05) is 6.92 Å². The summed E-state index contributed by atoms with van der Waals surface area (Å²) >= 11 is 0. The molecule has 0 amide bonds. The molecule has 0 aromatic carbocycles. The number of hydrogen-bond acceptors (Lipinski definition) is 2. The summed E-state index contributed by atoms with van der Waals surface area (Å²) in [6.45, 7) is 10.5. The summed E-state index contributed by atoms with van der Waals surface area (Å²) < 4.78 is 5.53. The second-order valence-electron chi connectivity index (χ2n) is 10.5. The first-order valence-corrected chi connectivity index (χ1v) is 14.4. The maximum Gasteiger partial charge on any atom is 0.310 e. The largest absolute Gasteiger partial charge is 0.434 e. The van der Waals surface area contributed by atoms with Crippen molar-refractivity contribution >= 4 is 5.97 Å². The Kier molecular flexibility index (Phi) is 14.5. The Morgan fingerprint density at radius 1 is 0.857 bits per heavy atom. The Morgan fingerprint density at radius 2 is 1.40 bits per heavy atom. The number of fused-ring (bicyclic) bond motifs is 1. The smallest absolute Gasteiger partial charge is 0.310 e. The van der Waals surface area contributed by atoms with E-state index < -0.39 is 0 Å². The molecule has 2 rings (SSSR count). The van der Waals surface area contributed by atoms with Crippen molar-refractivity contribution in [2.45, 2.75) is 130 Å². The molecule has 0 saturated carbocycles. The third-order valence-corrected chi connectivity index (χ3v) is 7.21. The SMILES string of the molecule is C=C(C)C1=CC=C(C)C2=CCC(=COC(=O)CCCCCCCCCCCCCCCCC)C2=C1. The molecular weight excluding hydrogens is 428 g/mol. The molecule has 2 aliphatic rings. The zero-order valence-corrected chi connectivity index (χ0v) is 22.9. The van der Waals surface area contributed by atoms with Gasteiger partial charge < -0.3 is 4.74 Å². The second kappa shape index (κ2) is 17.4. The van der Waals surface area contributed by atoms with Crippen LogP contribution in [0.3, 0.4) is 0 Å². The van der Waals surface area contributed by atoms with Gasteiger partial charge >= 0.3 is 5.97 Å². The van der Waals surface area contributed by atoms with Gasteiger partial charge in [-0.25, -0.2) is 0 Å². The summed E-state index contributed by atoms with van der Waals surface area (Å²) in [6, 6.07) is 0. The average molecular weight is 479 g/mol. The highest BCUT2D eigenvalue weighted by Gasteiger charge is 2.21. The fourth-order valence-electron chi connectivity index (χ4n) is 4.87. The van der Waals surface area contributed by atoms with E-state index in [0.29, 0.717) is 6.42 Å². The molecule has 0 saturated heterocycles. The number of ether oxygens (including phenoxy) is 1. The number of esters is 1. The van der Waals surface area contributed by atoms with Crippen molar-refractivity contribution in [1.82, 2.24) is 0 Å². The van der Waals surface area contributed by atoms with Crippen LogP contribution in [0.2, 0.25) is 0 Å². The molecule has 0 bridgehead atoms. The quantitative estimate of drug-likeness (QED) is 0.111. The standard InChI is InChI=1S/C33H50O2/c1-5-6-7-8-9-10-11-12-13-14-15-16-17-18-19-20-33(34)35-26-30-23-24-31-28(4)21-22-29(27(2)3)25-32(30)31/h21-22,24-26H,2,5-20,23H2,1,3-4H3. The van der Waals surface area contributed by atoms with Gasteiger partial charge in [-0.05, 0) is 60.6 Å². The van der Waals surface area contributed by atoms with E-state index in [2.05, 4.69) is 44.7 Å². The Bertz CT molecular complexity index is 831. The predicted molar refractivity (Wildman–Crippen MR) is 151 cm³/mol. The maximum atomic E-state index is 12.3. The van der Waals surface area contributed by atoms with Crippen LogP contribution in [0.15, 0.2) is 70.6 Å². The van der Waals surface area contributed by atoms with Crippen LogP contribution in [-0.4, -0.2) is 5.97 Å². The zero-order chi connectivity index (χ0) is 25.3. The van der Waals surface area contributed by atoms with Crippen LogP contribution in [0.4, 0.5) is 0 Å². The van der Waals surface area contributed by atoms with Crippen LogP contribution in [0, 0.1) is 0 Å². The molecule has 0 fully saturated rings. The summed E-state index contributed by atoms with van der Waals surface area (Å²) in [5.41, 5.74) is 6.87. The van der Waals surface area contributed by atoms with Gasteiger partial charge in [0.05, 0.1) is 6.26 Å². The summed E-state index contributed by atoms with van der Waals surface area (Å²) in [4.78, 5) is 12.3. The normalized spacial score (nSPS) is 16.3. The summed E-state index contributed by atoms with van der Waals surface area (Å²) in [5.74, 6) is -0.113. The van der Waals surface area contributed by atoms with Crippen molar-refractivity contribution in [2.24, 2.45) is 0 Å². The Balaban J connectivity index is 1.52. The van der Waals surface area contributed by atoms with E-state index in [4.69, 9.17) is 4.74 Å². The van der Waals surface area contributed by atoms with Crippen LogP contribution >= 0.6 is 0 Å². The monoisotopic (exact) mass is 478 g/mol. The van der Waals surface area contributed by atoms with E-state index in [9.17, 15) is 4.79 Å². The van der Waals surface area contributed by atoms with Crippen LogP contribution in [0.1, 0.15) is 130 Å². The Morgan fingerprint density at radius 3 is 1.94 bits per heavy atom. The van der Waals surface area contributed by atoms with E-state index in [1.165, 1.54) is 94.6 Å². The Hall–Kier alpha value is -2.09. The van der Waals surface area contributed by atoms with Crippen molar-refractivity contribution in [3.63, 3.8) is 0 Å². The molecule has 2 aliphatic carbocycles. The van der Waals surface area contributed by atoms with E-state index in [0.717, 1.165) is 41.6 Å². The van der Waals surface area contributed by atoms with Crippen molar-refractivity contribution in [3.05, 3.63) is 70.6 Å². The minimum atomic E-state index is -0.113.